The monoisotopic (exact) mass is 405 g/mol. The van der Waals surface area contributed by atoms with Crippen molar-refractivity contribution in [3.05, 3.63) is 82.7 Å². The zero-order chi connectivity index (χ0) is 21.1. The molecule has 8 heteroatoms. The number of nitrogens with one attached hydrogen (secondary N) is 1. The highest BCUT2D eigenvalue weighted by molar-refractivity contribution is 6.04. The Labute approximate surface area is 171 Å². The van der Waals surface area contributed by atoms with Crippen LogP contribution in [-0.4, -0.2) is 29.9 Å². The van der Waals surface area contributed by atoms with Crippen LogP contribution in [0, 0.1) is 0 Å². The molecule has 2 heterocycles. The van der Waals surface area contributed by atoms with E-state index in [1.165, 1.54) is 25.2 Å². The molecule has 0 atom stereocenters. The van der Waals surface area contributed by atoms with Gasteiger partial charge < -0.3 is 19.2 Å². The summed E-state index contributed by atoms with van der Waals surface area (Å²) < 4.78 is 17.0. The Bertz CT molecular complexity index is 1240. The van der Waals surface area contributed by atoms with Crippen molar-refractivity contribution in [1.29, 1.82) is 0 Å². The van der Waals surface area contributed by atoms with Gasteiger partial charge in [0.2, 0.25) is 0 Å². The third-order valence-electron chi connectivity index (χ3n) is 4.60. The first-order valence-electron chi connectivity index (χ1n) is 9.17. The largest absolute Gasteiger partial charge is 0.497 e. The lowest BCUT2D eigenvalue weighted by atomic mass is 10.1. The molecule has 0 aliphatic heterocycles. The van der Waals surface area contributed by atoms with Crippen molar-refractivity contribution in [2.75, 3.05) is 14.2 Å². The normalized spacial score (nSPS) is 10.7. The lowest BCUT2D eigenvalue weighted by Gasteiger charge is -2.13. The first kappa shape index (κ1) is 19.3. The van der Waals surface area contributed by atoms with Crippen LogP contribution >= 0.6 is 0 Å². The predicted octanol–water partition coefficient (Wildman–Crippen LogP) is 2.93. The third kappa shape index (κ3) is 3.62. The van der Waals surface area contributed by atoms with Gasteiger partial charge in [-0.1, -0.05) is 18.2 Å². The molecule has 0 unspecified atom stereocenters. The van der Waals surface area contributed by atoms with Crippen LogP contribution < -0.4 is 20.3 Å². The van der Waals surface area contributed by atoms with Gasteiger partial charge in [0.15, 0.2) is 5.69 Å². The van der Waals surface area contributed by atoms with Gasteiger partial charge in [-0.05, 0) is 18.2 Å². The van der Waals surface area contributed by atoms with E-state index in [4.69, 9.17) is 13.9 Å². The van der Waals surface area contributed by atoms with Crippen molar-refractivity contribution < 1.29 is 18.7 Å². The van der Waals surface area contributed by atoms with E-state index in [1.54, 1.807) is 54.6 Å². The van der Waals surface area contributed by atoms with E-state index < -0.39 is 5.91 Å². The van der Waals surface area contributed by atoms with Crippen molar-refractivity contribution in [2.24, 2.45) is 0 Å². The van der Waals surface area contributed by atoms with E-state index in [0.29, 0.717) is 33.7 Å². The maximum atomic E-state index is 13.1. The number of aromatic nitrogens is 2. The molecule has 4 aromatic rings. The van der Waals surface area contributed by atoms with Crippen molar-refractivity contribution in [3.63, 3.8) is 0 Å². The third-order valence-corrected chi connectivity index (χ3v) is 4.60. The topological polar surface area (TPSA) is 95.6 Å². The molecule has 1 amide bonds. The average Bonchev–Trinajstić information content (AvgIpc) is 3.31. The standard InChI is InChI=1S/C22H19N3O5/c1-28-16-10-14(11-17(12-16)29-2)25-22(27)19-8-4-3-7-18(19)20(24-25)21(26)23-13-15-6-5-9-30-15/h3-12H,13H2,1-2H3,(H,23,26). The summed E-state index contributed by atoms with van der Waals surface area (Å²) in [5.41, 5.74) is 0.184. The number of amides is 1. The molecule has 0 spiro atoms. The molecule has 0 saturated carbocycles. The minimum absolute atomic E-state index is 0.124. The molecule has 8 nitrogen and oxygen atoms in total. The van der Waals surface area contributed by atoms with Crippen molar-refractivity contribution >= 4 is 16.7 Å². The molecule has 4 rings (SSSR count). The lowest BCUT2D eigenvalue weighted by Crippen LogP contribution is -2.29. The van der Waals surface area contributed by atoms with E-state index >= 15 is 0 Å². The molecular weight excluding hydrogens is 386 g/mol. The van der Waals surface area contributed by atoms with Gasteiger partial charge in [-0.3, -0.25) is 9.59 Å². The maximum absolute atomic E-state index is 13.1. The number of methoxy groups -OCH3 is 2. The van der Waals surface area contributed by atoms with Crippen LogP contribution in [0.4, 0.5) is 0 Å². The zero-order valence-electron chi connectivity index (χ0n) is 16.4. The Kier molecular flexibility index (Phi) is 5.21. The highest BCUT2D eigenvalue weighted by Crippen LogP contribution is 2.25. The number of rotatable bonds is 6. The minimum Gasteiger partial charge on any atom is -0.497 e. The smallest absolute Gasteiger partial charge is 0.279 e. The Morgan fingerprint density at radius 3 is 2.37 bits per heavy atom. The number of nitrogens with zero attached hydrogens (tertiary/aromatic N) is 2. The summed E-state index contributed by atoms with van der Waals surface area (Å²) in [6, 6.07) is 15.3. The molecule has 2 aromatic carbocycles. The molecule has 0 fully saturated rings. The Morgan fingerprint density at radius 1 is 1.03 bits per heavy atom. The molecule has 152 valence electrons. The second-order valence-electron chi connectivity index (χ2n) is 6.44. The first-order chi connectivity index (χ1) is 14.6. The fourth-order valence-corrected chi connectivity index (χ4v) is 3.11. The average molecular weight is 405 g/mol. The fourth-order valence-electron chi connectivity index (χ4n) is 3.11. The summed E-state index contributed by atoms with van der Waals surface area (Å²) in [5, 5.41) is 7.98. The molecule has 0 saturated heterocycles. The van der Waals surface area contributed by atoms with Gasteiger partial charge in [0.1, 0.15) is 17.3 Å². The van der Waals surface area contributed by atoms with Crippen molar-refractivity contribution in [1.82, 2.24) is 15.1 Å². The van der Waals surface area contributed by atoms with Crippen molar-refractivity contribution in [3.8, 4) is 17.2 Å². The van der Waals surface area contributed by atoms with Crippen LogP contribution in [-0.2, 0) is 6.54 Å². The van der Waals surface area contributed by atoms with Crippen LogP contribution in [0.5, 0.6) is 11.5 Å². The van der Waals surface area contributed by atoms with Gasteiger partial charge in [-0.2, -0.15) is 9.78 Å². The lowest BCUT2D eigenvalue weighted by molar-refractivity contribution is 0.0943. The van der Waals surface area contributed by atoms with Gasteiger partial charge in [-0.25, -0.2) is 0 Å². The second-order valence-corrected chi connectivity index (χ2v) is 6.44. The summed E-state index contributed by atoms with van der Waals surface area (Å²) in [7, 11) is 3.03. The number of carbonyl (C=O) groups is 1. The van der Waals surface area contributed by atoms with E-state index in [0.717, 1.165) is 0 Å². The number of benzene rings is 2. The Balaban J connectivity index is 1.84. The maximum Gasteiger partial charge on any atom is 0.279 e. The van der Waals surface area contributed by atoms with Crippen LogP contribution in [0.2, 0.25) is 0 Å². The Hall–Kier alpha value is -4.07. The van der Waals surface area contributed by atoms with Crippen LogP contribution in [0.1, 0.15) is 16.2 Å². The minimum atomic E-state index is -0.425. The number of hydrogen-bond acceptors (Lipinski definition) is 6. The molecule has 2 aromatic heterocycles. The first-order valence-corrected chi connectivity index (χ1v) is 9.17. The SMILES string of the molecule is COc1cc(OC)cc(-n2nc(C(=O)NCc3ccco3)c3ccccc3c2=O)c1. The molecular formula is C22H19N3O5. The fraction of sp³-hybridized carbons (Fsp3) is 0.136. The molecule has 0 aliphatic rings. The van der Waals surface area contributed by atoms with Gasteiger partial charge in [0.05, 0.1) is 38.1 Å². The number of fused-ring (bicyclic) bond motifs is 1. The number of ether oxygens (including phenoxy) is 2. The van der Waals surface area contributed by atoms with Crippen LogP contribution in [0.3, 0.4) is 0 Å². The summed E-state index contributed by atoms with van der Waals surface area (Å²) in [4.78, 5) is 26.0. The van der Waals surface area contributed by atoms with Gasteiger partial charge >= 0.3 is 0 Å². The zero-order valence-corrected chi connectivity index (χ0v) is 16.4. The molecule has 0 bridgehead atoms. The molecule has 30 heavy (non-hydrogen) atoms. The van der Waals surface area contributed by atoms with Gasteiger partial charge in [0.25, 0.3) is 11.5 Å². The van der Waals surface area contributed by atoms with E-state index in [9.17, 15) is 9.59 Å². The van der Waals surface area contributed by atoms with Crippen LogP contribution in [0.25, 0.3) is 16.5 Å². The van der Waals surface area contributed by atoms with E-state index in [-0.39, 0.29) is 17.8 Å². The van der Waals surface area contributed by atoms with E-state index in [2.05, 4.69) is 10.4 Å². The highest BCUT2D eigenvalue weighted by atomic mass is 16.5. The summed E-state index contributed by atoms with van der Waals surface area (Å²) >= 11 is 0. The van der Waals surface area contributed by atoms with Gasteiger partial charge in [-0.15, -0.1) is 0 Å². The van der Waals surface area contributed by atoms with Crippen LogP contribution in [0.15, 0.2) is 70.1 Å². The summed E-state index contributed by atoms with van der Waals surface area (Å²) in [6.45, 7) is 0.202. The highest BCUT2D eigenvalue weighted by Gasteiger charge is 2.18. The second kappa shape index (κ2) is 8.12. The summed E-state index contributed by atoms with van der Waals surface area (Å²) in [5.74, 6) is 1.18. The molecule has 0 radical (unpaired) electrons. The van der Waals surface area contributed by atoms with E-state index in [1.807, 2.05) is 0 Å². The molecule has 1 N–H and O–H groups in total. The van der Waals surface area contributed by atoms with Crippen molar-refractivity contribution in [2.45, 2.75) is 6.54 Å². The molecule has 0 aliphatic carbocycles. The number of carbonyl (C=O) groups excluding carboxylic acids is 1. The quantitative estimate of drug-likeness (QED) is 0.530. The van der Waals surface area contributed by atoms with Gasteiger partial charge in [0, 0.05) is 23.6 Å². The summed E-state index contributed by atoms with van der Waals surface area (Å²) in [6.07, 6.45) is 1.53. The Morgan fingerprint density at radius 2 is 1.73 bits per heavy atom. The predicted molar refractivity (Wildman–Crippen MR) is 110 cm³/mol. The number of hydrogen-bond donors (Lipinski definition) is 1. The number of furan rings is 1.